The van der Waals surface area contributed by atoms with Crippen molar-refractivity contribution in [3.8, 4) is 11.5 Å². The molecule has 0 atom stereocenters. The first-order valence-corrected chi connectivity index (χ1v) is 10.4. The number of aromatic nitrogens is 1. The maximum Gasteiger partial charge on any atom is 0.416 e. The molecule has 0 unspecified atom stereocenters. The number of benzene rings is 2. The van der Waals surface area contributed by atoms with E-state index in [1.165, 1.54) is 24.5 Å². The minimum Gasteiger partial charge on any atom is -0.490 e. The molecule has 2 N–H and O–H groups in total. The lowest BCUT2D eigenvalue weighted by molar-refractivity contribution is -0.137. The predicted octanol–water partition coefficient (Wildman–Crippen LogP) is 4.28. The first kappa shape index (κ1) is 25.2. The number of nitrogens with one attached hydrogen (secondary N) is 2. The molecule has 1 aromatic heterocycles. The smallest absolute Gasteiger partial charge is 0.416 e. The van der Waals surface area contributed by atoms with Gasteiger partial charge in [0.15, 0.2) is 18.1 Å². The Bertz CT molecular complexity index is 1200. The number of halogens is 3. The lowest BCUT2D eigenvalue weighted by Crippen LogP contribution is -2.20. The van der Waals surface area contributed by atoms with E-state index in [1.54, 1.807) is 43.5 Å². The Morgan fingerprint density at radius 3 is 2.60 bits per heavy atom. The summed E-state index contributed by atoms with van der Waals surface area (Å²) in [7, 11) is 0. The second-order valence-corrected chi connectivity index (χ2v) is 7.00. The molecule has 2 aromatic carbocycles. The van der Waals surface area contributed by atoms with Crippen LogP contribution < -0.4 is 20.2 Å². The molecule has 0 saturated heterocycles. The number of amides is 2. The van der Waals surface area contributed by atoms with Crippen LogP contribution >= 0.6 is 0 Å². The Balaban J connectivity index is 1.60. The second-order valence-electron chi connectivity index (χ2n) is 7.00. The van der Waals surface area contributed by atoms with Crippen LogP contribution in [0.5, 0.6) is 11.5 Å². The molecule has 0 saturated carbocycles. The van der Waals surface area contributed by atoms with Crippen molar-refractivity contribution in [3.63, 3.8) is 0 Å². The second kappa shape index (κ2) is 11.6. The molecule has 8 nitrogen and oxygen atoms in total. The van der Waals surface area contributed by atoms with Crippen LogP contribution in [0.4, 0.5) is 18.9 Å². The van der Waals surface area contributed by atoms with Crippen molar-refractivity contribution < 1.29 is 32.2 Å². The minimum absolute atomic E-state index is 0.00153. The zero-order valence-electron chi connectivity index (χ0n) is 18.5. The quantitative estimate of drug-likeness (QED) is 0.347. The van der Waals surface area contributed by atoms with Gasteiger partial charge in [0.05, 0.1) is 23.9 Å². The summed E-state index contributed by atoms with van der Waals surface area (Å²) in [5, 5.41) is 6.27. The summed E-state index contributed by atoms with van der Waals surface area (Å²) in [6.45, 7) is 1.62. The first-order chi connectivity index (χ1) is 16.8. The van der Waals surface area contributed by atoms with E-state index in [0.29, 0.717) is 23.5 Å². The Morgan fingerprint density at radius 1 is 1.06 bits per heavy atom. The van der Waals surface area contributed by atoms with E-state index >= 15 is 0 Å². The van der Waals surface area contributed by atoms with Gasteiger partial charge in [-0.15, -0.1) is 0 Å². The van der Waals surface area contributed by atoms with Crippen LogP contribution in [-0.2, 0) is 11.0 Å². The van der Waals surface area contributed by atoms with Crippen LogP contribution in [0.15, 0.2) is 72.1 Å². The van der Waals surface area contributed by atoms with Gasteiger partial charge in [-0.3, -0.25) is 14.6 Å². The molecule has 0 fully saturated rings. The van der Waals surface area contributed by atoms with Crippen LogP contribution in [0.25, 0.3) is 0 Å². The van der Waals surface area contributed by atoms with E-state index in [9.17, 15) is 22.8 Å². The van der Waals surface area contributed by atoms with Gasteiger partial charge in [0, 0.05) is 18.1 Å². The van der Waals surface area contributed by atoms with Crippen molar-refractivity contribution >= 4 is 23.7 Å². The zero-order chi connectivity index (χ0) is 25.3. The molecule has 0 bridgehead atoms. The average molecular weight is 486 g/mol. The molecule has 1 heterocycles. The molecule has 0 spiro atoms. The molecule has 3 rings (SSSR count). The fourth-order valence-electron chi connectivity index (χ4n) is 2.83. The number of rotatable bonds is 9. The molecule has 0 radical (unpaired) electrons. The lowest BCUT2D eigenvalue weighted by Gasteiger charge is -2.13. The molecule has 3 aromatic rings. The van der Waals surface area contributed by atoms with Crippen LogP contribution in [-0.4, -0.2) is 36.2 Å². The summed E-state index contributed by atoms with van der Waals surface area (Å²) in [5.41, 5.74) is 2.45. The standard InChI is InChI=1S/C24H21F3N4O4/c1-2-34-21-11-16(13-29-31-23(33)17-5-4-10-28-14-17)8-9-20(21)35-15-22(32)30-19-7-3-6-18(12-19)24(25,26)27/h3-14H,2,15H2,1H3,(H,30,32)(H,31,33). The molecule has 0 aliphatic heterocycles. The third kappa shape index (κ3) is 7.56. The highest BCUT2D eigenvalue weighted by Crippen LogP contribution is 2.31. The average Bonchev–Trinajstić information content (AvgIpc) is 2.84. The molecular formula is C24H21F3N4O4. The number of ether oxygens (including phenoxy) is 2. The van der Waals surface area contributed by atoms with Gasteiger partial charge in [-0.05, 0) is 61.0 Å². The summed E-state index contributed by atoms with van der Waals surface area (Å²) in [6.07, 6.45) is -0.154. The molecule has 35 heavy (non-hydrogen) atoms. The number of pyridine rings is 1. The minimum atomic E-state index is -4.52. The molecule has 0 aliphatic rings. The highest BCUT2D eigenvalue weighted by molar-refractivity contribution is 5.94. The maximum atomic E-state index is 12.8. The number of hydrogen-bond donors (Lipinski definition) is 2. The predicted molar refractivity (Wildman–Crippen MR) is 122 cm³/mol. The van der Waals surface area contributed by atoms with E-state index in [-0.39, 0.29) is 11.4 Å². The van der Waals surface area contributed by atoms with Crippen molar-refractivity contribution in [2.75, 3.05) is 18.5 Å². The molecule has 2 amide bonds. The van der Waals surface area contributed by atoms with E-state index in [4.69, 9.17) is 9.47 Å². The maximum absolute atomic E-state index is 12.8. The summed E-state index contributed by atoms with van der Waals surface area (Å²) in [4.78, 5) is 28.0. The van der Waals surface area contributed by atoms with Gasteiger partial charge in [-0.1, -0.05) is 6.07 Å². The number of hydrazone groups is 1. The molecule has 0 aliphatic carbocycles. The molecule has 11 heteroatoms. The van der Waals surface area contributed by atoms with Crippen LogP contribution in [0.1, 0.15) is 28.4 Å². The Labute approximate surface area is 198 Å². The van der Waals surface area contributed by atoms with Crippen LogP contribution in [0, 0.1) is 0 Å². The fourth-order valence-corrected chi connectivity index (χ4v) is 2.83. The highest BCUT2D eigenvalue weighted by Gasteiger charge is 2.30. The lowest BCUT2D eigenvalue weighted by atomic mass is 10.2. The largest absolute Gasteiger partial charge is 0.490 e. The first-order valence-electron chi connectivity index (χ1n) is 10.4. The van der Waals surface area contributed by atoms with Gasteiger partial charge in [0.1, 0.15) is 0 Å². The number of anilines is 1. The zero-order valence-corrected chi connectivity index (χ0v) is 18.5. The number of alkyl halides is 3. The summed E-state index contributed by atoms with van der Waals surface area (Å²) < 4.78 is 49.5. The van der Waals surface area contributed by atoms with Crippen LogP contribution in [0.3, 0.4) is 0 Å². The van der Waals surface area contributed by atoms with Crippen LogP contribution in [0.2, 0.25) is 0 Å². The van der Waals surface area contributed by atoms with Crippen molar-refractivity contribution in [3.05, 3.63) is 83.7 Å². The Hall–Kier alpha value is -4.41. The summed E-state index contributed by atoms with van der Waals surface area (Å²) >= 11 is 0. The Morgan fingerprint density at radius 2 is 1.89 bits per heavy atom. The summed E-state index contributed by atoms with van der Waals surface area (Å²) in [5.74, 6) is -0.494. The number of carbonyl (C=O) groups is 2. The number of hydrogen-bond acceptors (Lipinski definition) is 6. The van der Waals surface area contributed by atoms with Crippen molar-refractivity contribution in [1.82, 2.24) is 10.4 Å². The van der Waals surface area contributed by atoms with Crippen molar-refractivity contribution in [1.29, 1.82) is 0 Å². The normalized spacial score (nSPS) is 11.2. The van der Waals surface area contributed by atoms with E-state index < -0.39 is 30.2 Å². The number of carbonyl (C=O) groups excluding carboxylic acids is 2. The van der Waals surface area contributed by atoms with Gasteiger partial charge in [-0.25, -0.2) is 5.43 Å². The van der Waals surface area contributed by atoms with E-state index in [0.717, 1.165) is 12.1 Å². The molecular weight excluding hydrogens is 465 g/mol. The topological polar surface area (TPSA) is 102 Å². The van der Waals surface area contributed by atoms with Crippen molar-refractivity contribution in [2.24, 2.45) is 5.10 Å². The van der Waals surface area contributed by atoms with Gasteiger partial charge in [0.2, 0.25) is 0 Å². The van der Waals surface area contributed by atoms with E-state index in [1.807, 2.05) is 0 Å². The molecule has 182 valence electrons. The van der Waals surface area contributed by atoms with Gasteiger partial charge < -0.3 is 14.8 Å². The fraction of sp³-hybridized carbons (Fsp3) is 0.167. The monoisotopic (exact) mass is 486 g/mol. The number of nitrogens with zero attached hydrogens (tertiary/aromatic N) is 2. The highest BCUT2D eigenvalue weighted by atomic mass is 19.4. The summed E-state index contributed by atoms with van der Waals surface area (Å²) in [6, 6.07) is 12.3. The third-order valence-corrected chi connectivity index (χ3v) is 4.40. The Kier molecular flexibility index (Phi) is 8.38. The SMILES string of the molecule is CCOc1cc(C=NNC(=O)c2cccnc2)ccc1OCC(=O)Nc1cccc(C(F)(F)F)c1. The van der Waals surface area contributed by atoms with Gasteiger partial charge in [-0.2, -0.15) is 18.3 Å². The van der Waals surface area contributed by atoms with E-state index in [2.05, 4.69) is 20.8 Å². The van der Waals surface area contributed by atoms with Gasteiger partial charge >= 0.3 is 6.18 Å². The third-order valence-electron chi connectivity index (χ3n) is 4.40. The van der Waals surface area contributed by atoms with Gasteiger partial charge in [0.25, 0.3) is 11.8 Å². The van der Waals surface area contributed by atoms with Crippen molar-refractivity contribution in [2.45, 2.75) is 13.1 Å².